The topological polar surface area (TPSA) is 107 Å². The van der Waals surface area contributed by atoms with Crippen LogP contribution in [-0.2, 0) is 28.9 Å². The minimum atomic E-state index is -4.20. The Morgan fingerprint density at radius 3 is 2.21 bits per heavy atom. The number of Topliss-reactive ketones (excluding diaryl/α,β-unsaturated/α-hetero) is 1. The van der Waals surface area contributed by atoms with Crippen molar-refractivity contribution in [3.05, 3.63) is 47.2 Å². The summed E-state index contributed by atoms with van der Waals surface area (Å²) in [5.41, 5.74) is -2.44. The van der Waals surface area contributed by atoms with Crippen LogP contribution in [0.3, 0.4) is 0 Å². The summed E-state index contributed by atoms with van der Waals surface area (Å²) in [5, 5.41) is -1.42. The molecule has 9 heteroatoms. The molecule has 1 saturated heterocycles. The van der Waals surface area contributed by atoms with Gasteiger partial charge in [-0.2, -0.15) is 0 Å². The fraction of sp³-hybridized carbons (Fsp3) is 0.450. The van der Waals surface area contributed by atoms with Gasteiger partial charge in [-0.1, -0.05) is 39.0 Å². The van der Waals surface area contributed by atoms with Crippen molar-refractivity contribution in [3.8, 4) is 0 Å². The summed E-state index contributed by atoms with van der Waals surface area (Å²) >= 11 is 0. The van der Waals surface area contributed by atoms with E-state index in [2.05, 4.69) is 0 Å². The van der Waals surface area contributed by atoms with Crippen LogP contribution in [0.4, 0.5) is 0 Å². The van der Waals surface area contributed by atoms with E-state index in [1.165, 1.54) is 26.2 Å². The van der Waals surface area contributed by atoms with Gasteiger partial charge in [-0.05, 0) is 19.1 Å². The molecule has 0 bridgehead atoms. The van der Waals surface area contributed by atoms with Gasteiger partial charge in [-0.25, -0.2) is 13.2 Å². The van der Waals surface area contributed by atoms with Crippen LogP contribution in [0.2, 0.25) is 0 Å². The third kappa shape index (κ3) is 3.28. The first-order valence-corrected chi connectivity index (χ1v) is 10.6. The Hall–Kier alpha value is -2.52. The third-order valence-electron chi connectivity index (χ3n) is 4.97. The molecular weight excluding hydrogens is 398 g/mol. The minimum Gasteiger partial charge on any atom is -0.438 e. The first-order valence-electron chi connectivity index (χ1n) is 9.03. The molecule has 1 amide bonds. The Labute approximate surface area is 169 Å². The molecular formula is C20H23NO7S. The zero-order valence-electron chi connectivity index (χ0n) is 16.8. The van der Waals surface area contributed by atoms with Crippen LogP contribution in [-0.4, -0.2) is 55.0 Å². The smallest absolute Gasteiger partial charge is 0.339 e. The number of fused-ring (bicyclic) bond motifs is 1. The number of allylic oxidation sites excluding steroid dienone is 1. The van der Waals surface area contributed by atoms with Crippen LogP contribution in [0.15, 0.2) is 41.6 Å². The van der Waals surface area contributed by atoms with Gasteiger partial charge in [0.15, 0.2) is 17.3 Å². The van der Waals surface area contributed by atoms with Gasteiger partial charge in [0.1, 0.15) is 0 Å². The average molecular weight is 421 g/mol. The molecule has 1 unspecified atom stereocenters. The lowest BCUT2D eigenvalue weighted by molar-refractivity contribution is -0.161. The van der Waals surface area contributed by atoms with E-state index in [0.29, 0.717) is 0 Å². The monoisotopic (exact) mass is 421 g/mol. The van der Waals surface area contributed by atoms with Gasteiger partial charge in [0.25, 0.3) is 5.91 Å². The van der Waals surface area contributed by atoms with Crippen molar-refractivity contribution in [3.63, 3.8) is 0 Å². The number of ether oxygens (including phenoxy) is 2. The summed E-state index contributed by atoms with van der Waals surface area (Å²) in [6.07, 6.45) is -1.26. The molecule has 2 heterocycles. The Morgan fingerprint density at radius 2 is 1.69 bits per heavy atom. The van der Waals surface area contributed by atoms with Crippen molar-refractivity contribution in [2.75, 3.05) is 7.11 Å². The number of β-lactam (4-membered cyclic amide) rings is 1. The molecule has 2 aliphatic rings. The first kappa shape index (κ1) is 21.2. The van der Waals surface area contributed by atoms with E-state index in [1.54, 1.807) is 39.0 Å². The zero-order valence-corrected chi connectivity index (χ0v) is 17.6. The number of carbonyl (C=O) groups is 3. The van der Waals surface area contributed by atoms with E-state index in [0.717, 1.165) is 4.90 Å². The van der Waals surface area contributed by atoms with E-state index in [1.807, 2.05) is 0 Å². The van der Waals surface area contributed by atoms with Crippen molar-refractivity contribution >= 4 is 27.5 Å². The van der Waals surface area contributed by atoms with Crippen molar-refractivity contribution in [1.82, 2.24) is 4.90 Å². The molecule has 8 nitrogen and oxygen atoms in total. The minimum absolute atomic E-state index is 0.00774. The van der Waals surface area contributed by atoms with Crippen molar-refractivity contribution < 1.29 is 32.3 Å². The summed E-state index contributed by atoms with van der Waals surface area (Å²) in [5.74, 6) is -1.87. The number of hydrogen-bond donors (Lipinski definition) is 0. The normalized spacial score (nSPS) is 25.9. The average Bonchev–Trinajstić information content (AvgIpc) is 2.65. The molecule has 2 aliphatic heterocycles. The molecule has 0 saturated carbocycles. The number of hydrogen-bond acceptors (Lipinski definition) is 7. The maximum Gasteiger partial charge on any atom is 0.339 e. The molecule has 3 atom stereocenters. The van der Waals surface area contributed by atoms with Crippen LogP contribution in [0.1, 0.15) is 38.1 Å². The van der Waals surface area contributed by atoms with Gasteiger partial charge in [0.05, 0.1) is 11.3 Å². The Bertz CT molecular complexity index is 1010. The van der Waals surface area contributed by atoms with Gasteiger partial charge >= 0.3 is 5.97 Å². The molecule has 1 aromatic carbocycles. The van der Waals surface area contributed by atoms with Crippen LogP contribution in [0, 0.1) is 5.41 Å². The highest BCUT2D eigenvalue weighted by Gasteiger charge is 2.64. The zero-order chi connectivity index (χ0) is 21.7. The Kier molecular flexibility index (Phi) is 5.17. The van der Waals surface area contributed by atoms with Gasteiger partial charge in [-0.3, -0.25) is 14.5 Å². The molecule has 29 heavy (non-hydrogen) atoms. The van der Waals surface area contributed by atoms with Gasteiger partial charge in [0, 0.05) is 18.1 Å². The fourth-order valence-electron chi connectivity index (χ4n) is 3.42. The van der Waals surface area contributed by atoms with E-state index in [4.69, 9.17) is 9.47 Å². The summed E-state index contributed by atoms with van der Waals surface area (Å²) in [6, 6.07) is 7.94. The number of sulfone groups is 1. The third-order valence-corrected chi connectivity index (χ3v) is 7.15. The largest absolute Gasteiger partial charge is 0.438 e. The highest BCUT2D eigenvalue weighted by molar-refractivity contribution is 7.93. The number of methoxy groups -OCH3 is 1. The lowest BCUT2D eigenvalue weighted by Crippen LogP contribution is -2.72. The fourth-order valence-corrected chi connectivity index (χ4v) is 5.58. The number of benzene rings is 1. The lowest BCUT2D eigenvalue weighted by Gasteiger charge is -2.50. The van der Waals surface area contributed by atoms with E-state index in [-0.39, 0.29) is 16.8 Å². The molecule has 0 aromatic heterocycles. The molecule has 1 aromatic rings. The molecule has 0 spiro atoms. The highest BCUT2D eigenvalue weighted by atomic mass is 32.2. The number of amides is 1. The summed E-state index contributed by atoms with van der Waals surface area (Å²) < 4.78 is 36.8. The van der Waals surface area contributed by atoms with Crippen molar-refractivity contribution in [2.24, 2.45) is 5.41 Å². The standard InChI is InChI=1S/C20H23NO7S/c1-11-13(15(22)20(2,3)4)21-16(23)14(27-5)17(21)29(25,26)19(11)28-18(24)12-9-7-6-8-10-12/h6-10,14,17,19H,1-5H3/t14-,17-,19?/m0/s1. The van der Waals surface area contributed by atoms with Crippen molar-refractivity contribution in [1.29, 1.82) is 0 Å². The molecule has 0 N–H and O–H groups in total. The van der Waals surface area contributed by atoms with Crippen LogP contribution >= 0.6 is 0 Å². The van der Waals surface area contributed by atoms with E-state index in [9.17, 15) is 22.8 Å². The van der Waals surface area contributed by atoms with Crippen LogP contribution in [0.5, 0.6) is 0 Å². The van der Waals surface area contributed by atoms with E-state index >= 15 is 0 Å². The lowest BCUT2D eigenvalue weighted by atomic mass is 9.85. The van der Waals surface area contributed by atoms with Gasteiger partial charge < -0.3 is 9.47 Å². The summed E-state index contributed by atoms with van der Waals surface area (Å²) in [4.78, 5) is 39.0. The maximum atomic E-state index is 13.2. The predicted octanol–water partition coefficient (Wildman–Crippen LogP) is 1.67. The van der Waals surface area contributed by atoms with Crippen LogP contribution in [0.25, 0.3) is 0 Å². The maximum absolute atomic E-state index is 13.2. The summed E-state index contributed by atoms with van der Waals surface area (Å²) in [6.45, 7) is 6.38. The molecule has 0 aliphatic carbocycles. The first-order chi connectivity index (χ1) is 13.4. The number of ketones is 1. The van der Waals surface area contributed by atoms with Gasteiger partial charge in [0.2, 0.25) is 15.3 Å². The molecule has 156 valence electrons. The Morgan fingerprint density at radius 1 is 1.10 bits per heavy atom. The van der Waals surface area contributed by atoms with Crippen molar-refractivity contribution in [2.45, 2.75) is 44.6 Å². The van der Waals surface area contributed by atoms with Crippen LogP contribution < -0.4 is 0 Å². The molecule has 0 radical (unpaired) electrons. The predicted molar refractivity (Wildman–Crippen MR) is 103 cm³/mol. The highest BCUT2D eigenvalue weighted by Crippen LogP contribution is 2.43. The second-order valence-corrected chi connectivity index (χ2v) is 10.1. The second kappa shape index (κ2) is 7.07. The number of nitrogens with zero attached hydrogens (tertiary/aromatic N) is 1. The quantitative estimate of drug-likeness (QED) is 0.538. The molecule has 3 rings (SSSR count). The number of carbonyl (C=O) groups excluding carboxylic acids is 3. The molecule has 1 fully saturated rings. The Balaban J connectivity index is 2.12. The summed E-state index contributed by atoms with van der Waals surface area (Å²) in [7, 11) is -2.98. The SMILES string of the molecule is CO[C@H]1C(=O)N2C(C(=O)C(C)(C)C)=C(C)C(OC(=O)c3ccccc3)S(=O)(=O)[C@@H]12. The van der Waals surface area contributed by atoms with Gasteiger partial charge in [-0.15, -0.1) is 0 Å². The number of rotatable bonds is 4. The number of esters is 1. The second-order valence-electron chi connectivity index (χ2n) is 8.06. The van der Waals surface area contributed by atoms with E-state index < -0.39 is 49.8 Å².